The van der Waals surface area contributed by atoms with E-state index in [9.17, 15) is 14.4 Å². The Morgan fingerprint density at radius 3 is 2.44 bits per heavy atom. The van der Waals surface area contributed by atoms with E-state index < -0.39 is 6.10 Å². The van der Waals surface area contributed by atoms with Crippen LogP contribution in [0.4, 0.5) is 5.69 Å². The highest BCUT2D eigenvalue weighted by Gasteiger charge is 2.28. The molecule has 8 nitrogen and oxygen atoms in total. The number of amides is 3. The number of carbonyl (C=O) groups excluding carboxylic acids is 3. The van der Waals surface area contributed by atoms with E-state index in [2.05, 4.69) is 5.32 Å². The molecule has 3 amide bonds. The fourth-order valence-corrected chi connectivity index (χ4v) is 3.19. The van der Waals surface area contributed by atoms with Crippen LogP contribution in [0.1, 0.15) is 27.8 Å². The minimum atomic E-state index is -0.557. The highest BCUT2D eigenvalue weighted by Crippen LogP contribution is 2.30. The first-order valence-corrected chi connectivity index (χ1v) is 8.76. The van der Waals surface area contributed by atoms with Crippen molar-refractivity contribution in [2.24, 2.45) is 0 Å². The number of nitrogens with one attached hydrogen (secondary N) is 1. The van der Waals surface area contributed by atoms with E-state index in [-0.39, 0.29) is 17.7 Å². The number of carbonyl (C=O) groups is 3. The van der Waals surface area contributed by atoms with Crippen LogP contribution in [0.15, 0.2) is 41.0 Å². The summed E-state index contributed by atoms with van der Waals surface area (Å²) < 4.78 is 10.7. The molecular weight excluding hydrogens is 350 g/mol. The van der Waals surface area contributed by atoms with Crippen LogP contribution in [0.2, 0.25) is 0 Å². The molecule has 3 heterocycles. The Kier molecular flexibility index (Phi) is 4.31. The summed E-state index contributed by atoms with van der Waals surface area (Å²) in [6.07, 6.45) is 0.908. The van der Waals surface area contributed by atoms with E-state index in [1.165, 1.54) is 6.26 Å². The number of hydrogen-bond acceptors (Lipinski definition) is 5. The lowest BCUT2D eigenvalue weighted by Crippen LogP contribution is -2.50. The Hall–Kier alpha value is -3.29. The Balaban J connectivity index is 1.42. The van der Waals surface area contributed by atoms with E-state index >= 15 is 0 Å². The van der Waals surface area contributed by atoms with Gasteiger partial charge in [0.25, 0.3) is 17.7 Å². The van der Waals surface area contributed by atoms with Crippen molar-refractivity contribution in [3.63, 3.8) is 0 Å². The molecule has 1 fully saturated rings. The minimum absolute atomic E-state index is 0.143. The molecule has 0 saturated carbocycles. The lowest BCUT2D eigenvalue weighted by atomic mass is 10.1. The molecule has 1 aromatic carbocycles. The van der Waals surface area contributed by atoms with Crippen molar-refractivity contribution in [2.45, 2.75) is 13.0 Å². The highest BCUT2D eigenvalue weighted by molar-refractivity contribution is 6.01. The van der Waals surface area contributed by atoms with Gasteiger partial charge in [0.1, 0.15) is 5.75 Å². The molecule has 2 aliphatic heterocycles. The van der Waals surface area contributed by atoms with Gasteiger partial charge in [0, 0.05) is 31.7 Å². The van der Waals surface area contributed by atoms with Crippen LogP contribution in [-0.4, -0.2) is 59.8 Å². The van der Waals surface area contributed by atoms with Gasteiger partial charge in [-0.25, -0.2) is 0 Å². The number of fused-ring (bicyclic) bond motifs is 1. The van der Waals surface area contributed by atoms with Crippen LogP contribution in [0.5, 0.6) is 5.75 Å². The van der Waals surface area contributed by atoms with Gasteiger partial charge < -0.3 is 24.3 Å². The maximum Gasteiger partial charge on any atom is 0.289 e. The zero-order valence-electron chi connectivity index (χ0n) is 14.8. The number of benzene rings is 1. The van der Waals surface area contributed by atoms with Crippen molar-refractivity contribution in [3.8, 4) is 5.75 Å². The molecule has 1 unspecified atom stereocenters. The van der Waals surface area contributed by atoms with Crippen LogP contribution >= 0.6 is 0 Å². The molecule has 140 valence electrons. The van der Waals surface area contributed by atoms with Gasteiger partial charge in [-0.05, 0) is 37.3 Å². The molecule has 27 heavy (non-hydrogen) atoms. The first-order valence-electron chi connectivity index (χ1n) is 8.76. The molecule has 1 atom stereocenters. The molecule has 0 radical (unpaired) electrons. The Morgan fingerprint density at radius 2 is 1.78 bits per heavy atom. The summed E-state index contributed by atoms with van der Waals surface area (Å²) in [6, 6.07) is 8.30. The Labute approximate surface area is 155 Å². The van der Waals surface area contributed by atoms with Gasteiger partial charge in [-0.3, -0.25) is 14.4 Å². The molecule has 0 spiro atoms. The summed E-state index contributed by atoms with van der Waals surface area (Å²) in [5, 5.41) is 2.75. The lowest BCUT2D eigenvalue weighted by Gasteiger charge is -2.34. The number of piperazine rings is 1. The second-order valence-corrected chi connectivity index (χ2v) is 6.52. The predicted octanol–water partition coefficient (Wildman–Crippen LogP) is 1.60. The van der Waals surface area contributed by atoms with Gasteiger partial charge in [-0.15, -0.1) is 0 Å². The topological polar surface area (TPSA) is 92.1 Å². The molecule has 1 N–H and O–H groups in total. The van der Waals surface area contributed by atoms with Crippen molar-refractivity contribution in [3.05, 3.63) is 47.9 Å². The standard InChI is InChI=1S/C19H19N3O5/c1-12-17(23)20-14-11-13(4-5-15(14)27-12)18(24)21-6-8-22(9-7-21)19(25)16-3-2-10-26-16/h2-5,10-12H,6-9H2,1H3,(H,20,23). The highest BCUT2D eigenvalue weighted by atomic mass is 16.5. The number of nitrogens with zero attached hydrogens (tertiary/aromatic N) is 2. The molecular formula is C19H19N3O5. The molecule has 0 aliphatic carbocycles. The Morgan fingerprint density at radius 1 is 1.07 bits per heavy atom. The third-order valence-corrected chi connectivity index (χ3v) is 4.74. The molecule has 2 aliphatic rings. The first-order chi connectivity index (χ1) is 13.0. The maximum atomic E-state index is 12.8. The molecule has 4 rings (SSSR count). The number of rotatable bonds is 2. The minimum Gasteiger partial charge on any atom is -0.479 e. The summed E-state index contributed by atoms with van der Waals surface area (Å²) >= 11 is 0. The zero-order valence-corrected chi connectivity index (χ0v) is 14.8. The summed E-state index contributed by atoms with van der Waals surface area (Å²) in [6.45, 7) is 3.41. The summed E-state index contributed by atoms with van der Waals surface area (Å²) in [4.78, 5) is 40.2. The average Bonchev–Trinajstić information content (AvgIpc) is 3.22. The van der Waals surface area contributed by atoms with Crippen LogP contribution in [0.3, 0.4) is 0 Å². The molecule has 1 saturated heterocycles. The SMILES string of the molecule is CC1Oc2ccc(C(=O)N3CCN(C(=O)c4ccco4)CC3)cc2NC1=O. The van der Waals surface area contributed by atoms with E-state index in [0.29, 0.717) is 48.9 Å². The molecule has 8 heteroatoms. The van der Waals surface area contributed by atoms with Crippen molar-refractivity contribution < 1.29 is 23.5 Å². The molecule has 0 bridgehead atoms. The summed E-state index contributed by atoms with van der Waals surface area (Å²) in [5.74, 6) is 0.296. The largest absolute Gasteiger partial charge is 0.479 e. The van der Waals surface area contributed by atoms with Crippen LogP contribution in [0.25, 0.3) is 0 Å². The monoisotopic (exact) mass is 369 g/mol. The van der Waals surface area contributed by atoms with Gasteiger partial charge >= 0.3 is 0 Å². The average molecular weight is 369 g/mol. The lowest BCUT2D eigenvalue weighted by molar-refractivity contribution is -0.122. The number of ether oxygens (including phenoxy) is 1. The van der Waals surface area contributed by atoms with Gasteiger partial charge in [-0.1, -0.05) is 0 Å². The van der Waals surface area contributed by atoms with Crippen molar-refractivity contribution in [1.29, 1.82) is 0 Å². The fourth-order valence-electron chi connectivity index (χ4n) is 3.19. The third-order valence-electron chi connectivity index (χ3n) is 4.74. The van der Waals surface area contributed by atoms with Gasteiger partial charge in [-0.2, -0.15) is 0 Å². The van der Waals surface area contributed by atoms with Crippen molar-refractivity contribution in [2.75, 3.05) is 31.5 Å². The zero-order chi connectivity index (χ0) is 19.0. The number of furan rings is 1. The van der Waals surface area contributed by atoms with E-state index in [0.717, 1.165) is 0 Å². The third kappa shape index (κ3) is 3.25. The quantitative estimate of drug-likeness (QED) is 0.868. The smallest absolute Gasteiger partial charge is 0.289 e. The predicted molar refractivity (Wildman–Crippen MR) is 95.7 cm³/mol. The van der Waals surface area contributed by atoms with Crippen LogP contribution < -0.4 is 10.1 Å². The van der Waals surface area contributed by atoms with E-state index in [4.69, 9.17) is 9.15 Å². The molecule has 1 aromatic heterocycles. The second kappa shape index (κ2) is 6.79. The summed E-state index contributed by atoms with van der Waals surface area (Å²) in [5.41, 5.74) is 0.966. The van der Waals surface area contributed by atoms with Crippen LogP contribution in [-0.2, 0) is 4.79 Å². The Bertz CT molecular complexity index is 885. The van der Waals surface area contributed by atoms with Crippen LogP contribution in [0, 0.1) is 0 Å². The number of hydrogen-bond donors (Lipinski definition) is 1. The molecule has 2 aromatic rings. The maximum absolute atomic E-state index is 12.8. The summed E-state index contributed by atoms with van der Waals surface area (Å²) in [7, 11) is 0. The first kappa shape index (κ1) is 17.1. The second-order valence-electron chi connectivity index (χ2n) is 6.52. The fraction of sp³-hybridized carbons (Fsp3) is 0.316. The van der Waals surface area contributed by atoms with E-state index in [1.807, 2.05) is 0 Å². The van der Waals surface area contributed by atoms with Gasteiger partial charge in [0.2, 0.25) is 0 Å². The number of anilines is 1. The van der Waals surface area contributed by atoms with Crippen molar-refractivity contribution >= 4 is 23.4 Å². The van der Waals surface area contributed by atoms with Gasteiger partial charge in [0.15, 0.2) is 11.9 Å². The van der Waals surface area contributed by atoms with E-state index in [1.54, 1.807) is 47.1 Å². The normalized spacial score (nSPS) is 19.1. The van der Waals surface area contributed by atoms with Crippen molar-refractivity contribution in [1.82, 2.24) is 9.80 Å². The van der Waals surface area contributed by atoms with Gasteiger partial charge in [0.05, 0.1) is 12.0 Å².